The van der Waals surface area contributed by atoms with Crippen molar-refractivity contribution in [3.63, 3.8) is 0 Å². The number of nitrogens with one attached hydrogen (secondary N) is 1. The number of anilines is 1. The zero-order chi connectivity index (χ0) is 17.5. The smallest absolute Gasteiger partial charge is 0.343 e. The number of benzene rings is 1. The zero-order valence-corrected chi connectivity index (χ0v) is 13.4. The third kappa shape index (κ3) is 4.87. The largest absolute Gasteiger partial charge is 0.482 e. The number of aliphatic carboxylic acids is 1. The lowest BCUT2D eigenvalue weighted by molar-refractivity contribution is -0.143. The summed E-state index contributed by atoms with van der Waals surface area (Å²) < 4.78 is 9.74. The Kier molecular flexibility index (Phi) is 6.00. The SMILES string of the molecule is COC(=O)COc1cccc(NC(=O)N2CCCC(C(=O)O)C2)c1. The van der Waals surface area contributed by atoms with E-state index in [9.17, 15) is 14.4 Å². The molecule has 1 aliphatic heterocycles. The predicted molar refractivity (Wildman–Crippen MR) is 84.9 cm³/mol. The number of carboxylic acids is 1. The number of amides is 2. The highest BCUT2D eigenvalue weighted by atomic mass is 16.6. The molecule has 1 aliphatic rings. The van der Waals surface area contributed by atoms with Crippen LogP contribution in [0.15, 0.2) is 24.3 Å². The van der Waals surface area contributed by atoms with Crippen molar-refractivity contribution in [1.82, 2.24) is 4.90 Å². The van der Waals surface area contributed by atoms with Crippen LogP contribution in [-0.2, 0) is 14.3 Å². The summed E-state index contributed by atoms with van der Waals surface area (Å²) in [6, 6.07) is 6.24. The van der Waals surface area contributed by atoms with Gasteiger partial charge in [-0.25, -0.2) is 9.59 Å². The number of ether oxygens (including phenoxy) is 2. The van der Waals surface area contributed by atoms with Crippen molar-refractivity contribution in [3.8, 4) is 5.75 Å². The van der Waals surface area contributed by atoms with Crippen LogP contribution in [0.3, 0.4) is 0 Å². The number of esters is 1. The Hall–Kier alpha value is -2.77. The highest BCUT2D eigenvalue weighted by molar-refractivity contribution is 5.90. The number of likely N-dealkylation sites (tertiary alicyclic amines) is 1. The average molecular weight is 336 g/mol. The average Bonchev–Trinajstić information content (AvgIpc) is 2.60. The molecule has 8 heteroatoms. The summed E-state index contributed by atoms with van der Waals surface area (Å²) in [7, 11) is 1.27. The van der Waals surface area contributed by atoms with Crippen LogP contribution in [-0.4, -0.2) is 54.8 Å². The number of hydrogen-bond acceptors (Lipinski definition) is 5. The molecule has 0 radical (unpaired) electrons. The molecule has 2 rings (SSSR count). The topological polar surface area (TPSA) is 105 Å². The first kappa shape index (κ1) is 17.6. The number of carbonyl (C=O) groups excluding carboxylic acids is 2. The molecule has 0 spiro atoms. The molecule has 0 saturated carbocycles. The van der Waals surface area contributed by atoms with Gasteiger partial charge in [-0.2, -0.15) is 0 Å². The first-order valence-electron chi connectivity index (χ1n) is 7.58. The maximum atomic E-state index is 12.3. The Labute approximate surface area is 139 Å². The molecule has 8 nitrogen and oxygen atoms in total. The van der Waals surface area contributed by atoms with Gasteiger partial charge in [-0.05, 0) is 25.0 Å². The van der Waals surface area contributed by atoms with Crippen molar-refractivity contribution in [2.75, 3.05) is 32.1 Å². The molecular weight excluding hydrogens is 316 g/mol. The summed E-state index contributed by atoms with van der Waals surface area (Å²) in [5, 5.41) is 11.8. The highest BCUT2D eigenvalue weighted by Gasteiger charge is 2.28. The zero-order valence-electron chi connectivity index (χ0n) is 13.4. The predicted octanol–water partition coefficient (Wildman–Crippen LogP) is 1.57. The third-order valence-corrected chi connectivity index (χ3v) is 3.73. The Bertz CT molecular complexity index is 618. The van der Waals surface area contributed by atoms with Gasteiger partial charge in [0.25, 0.3) is 0 Å². The number of rotatable bonds is 5. The lowest BCUT2D eigenvalue weighted by Gasteiger charge is -2.30. The van der Waals surface area contributed by atoms with Crippen molar-refractivity contribution in [1.29, 1.82) is 0 Å². The van der Waals surface area contributed by atoms with Crippen molar-refractivity contribution in [3.05, 3.63) is 24.3 Å². The minimum absolute atomic E-state index is 0.194. The maximum absolute atomic E-state index is 12.3. The van der Waals surface area contributed by atoms with E-state index >= 15 is 0 Å². The van der Waals surface area contributed by atoms with Crippen molar-refractivity contribution in [2.24, 2.45) is 5.92 Å². The van der Waals surface area contributed by atoms with Gasteiger partial charge >= 0.3 is 18.0 Å². The molecule has 0 aromatic heterocycles. The van der Waals surface area contributed by atoms with Crippen LogP contribution in [0.1, 0.15) is 12.8 Å². The van der Waals surface area contributed by atoms with Crippen molar-refractivity contribution in [2.45, 2.75) is 12.8 Å². The molecule has 1 aromatic carbocycles. The van der Waals surface area contributed by atoms with Crippen LogP contribution < -0.4 is 10.1 Å². The van der Waals surface area contributed by atoms with Crippen LogP contribution in [0.25, 0.3) is 0 Å². The van der Waals surface area contributed by atoms with E-state index < -0.39 is 17.9 Å². The lowest BCUT2D eigenvalue weighted by Crippen LogP contribution is -2.44. The van der Waals surface area contributed by atoms with Gasteiger partial charge in [0.05, 0.1) is 13.0 Å². The first-order chi connectivity index (χ1) is 11.5. The number of carboxylic acid groups (broad SMARTS) is 1. The van der Waals surface area contributed by atoms with Gasteiger partial charge in [-0.15, -0.1) is 0 Å². The third-order valence-electron chi connectivity index (χ3n) is 3.73. The van der Waals surface area contributed by atoms with Gasteiger partial charge in [0, 0.05) is 24.8 Å². The van der Waals surface area contributed by atoms with E-state index in [1.165, 1.54) is 12.0 Å². The fourth-order valence-electron chi connectivity index (χ4n) is 2.43. The molecule has 130 valence electrons. The second-order valence-corrected chi connectivity index (χ2v) is 5.45. The van der Waals surface area contributed by atoms with Crippen LogP contribution in [0, 0.1) is 5.92 Å². The van der Waals surface area contributed by atoms with Gasteiger partial charge < -0.3 is 24.8 Å². The molecule has 2 N–H and O–H groups in total. The Morgan fingerprint density at radius 2 is 2.17 bits per heavy atom. The van der Waals surface area contributed by atoms with E-state index in [1.807, 2.05) is 0 Å². The molecule has 24 heavy (non-hydrogen) atoms. The number of hydrogen-bond donors (Lipinski definition) is 2. The minimum atomic E-state index is -0.884. The molecular formula is C16H20N2O6. The number of piperidine rings is 1. The summed E-state index contributed by atoms with van der Waals surface area (Å²) in [4.78, 5) is 35.9. The lowest BCUT2D eigenvalue weighted by atomic mass is 9.99. The second kappa shape index (κ2) is 8.19. The quantitative estimate of drug-likeness (QED) is 0.791. The van der Waals surface area contributed by atoms with Crippen molar-refractivity contribution >= 4 is 23.7 Å². The summed E-state index contributed by atoms with van der Waals surface area (Å²) >= 11 is 0. The fraction of sp³-hybridized carbons (Fsp3) is 0.438. The normalized spacial score (nSPS) is 17.0. The van der Waals surface area contributed by atoms with Gasteiger partial charge in [0.15, 0.2) is 6.61 Å². The van der Waals surface area contributed by atoms with E-state index in [4.69, 9.17) is 9.84 Å². The van der Waals surface area contributed by atoms with Gasteiger partial charge in [0.1, 0.15) is 5.75 Å². The molecule has 2 amide bonds. The van der Waals surface area contributed by atoms with Gasteiger partial charge in [-0.3, -0.25) is 4.79 Å². The fourth-order valence-corrected chi connectivity index (χ4v) is 2.43. The number of carbonyl (C=O) groups is 3. The standard InChI is InChI=1S/C16H20N2O6/c1-23-14(19)10-24-13-6-2-5-12(8-13)17-16(22)18-7-3-4-11(9-18)15(20)21/h2,5-6,8,11H,3-4,7,9-10H2,1H3,(H,17,22)(H,20,21). The number of methoxy groups -OCH3 is 1. The number of nitrogens with zero attached hydrogens (tertiary/aromatic N) is 1. The van der Waals surface area contributed by atoms with E-state index in [0.717, 1.165) is 0 Å². The van der Waals surface area contributed by atoms with Gasteiger partial charge in [0.2, 0.25) is 0 Å². The molecule has 1 fully saturated rings. The molecule has 0 aliphatic carbocycles. The Morgan fingerprint density at radius 1 is 1.38 bits per heavy atom. The minimum Gasteiger partial charge on any atom is -0.482 e. The van der Waals surface area contributed by atoms with Crippen LogP contribution in [0.5, 0.6) is 5.75 Å². The van der Waals surface area contributed by atoms with E-state index in [-0.39, 0.29) is 19.2 Å². The van der Waals surface area contributed by atoms with E-state index in [0.29, 0.717) is 30.8 Å². The molecule has 1 heterocycles. The van der Waals surface area contributed by atoms with Crippen molar-refractivity contribution < 1.29 is 29.0 Å². The Morgan fingerprint density at radius 3 is 2.88 bits per heavy atom. The summed E-state index contributed by atoms with van der Waals surface area (Å²) in [5.74, 6) is -1.50. The van der Waals surface area contributed by atoms with Crippen LogP contribution >= 0.6 is 0 Å². The molecule has 1 unspecified atom stereocenters. The highest BCUT2D eigenvalue weighted by Crippen LogP contribution is 2.20. The second-order valence-electron chi connectivity index (χ2n) is 5.45. The summed E-state index contributed by atoms with van der Waals surface area (Å²) in [6.45, 7) is 0.494. The summed E-state index contributed by atoms with van der Waals surface area (Å²) in [6.07, 6.45) is 1.24. The van der Waals surface area contributed by atoms with Crippen LogP contribution in [0.2, 0.25) is 0 Å². The van der Waals surface area contributed by atoms with E-state index in [2.05, 4.69) is 10.1 Å². The summed E-state index contributed by atoms with van der Waals surface area (Å²) in [5.41, 5.74) is 0.500. The molecule has 1 aromatic rings. The van der Waals surface area contributed by atoms with Crippen LogP contribution in [0.4, 0.5) is 10.5 Å². The first-order valence-corrected chi connectivity index (χ1v) is 7.58. The maximum Gasteiger partial charge on any atom is 0.343 e. The van der Waals surface area contributed by atoms with E-state index in [1.54, 1.807) is 24.3 Å². The van der Waals surface area contributed by atoms with Gasteiger partial charge in [-0.1, -0.05) is 6.07 Å². The Balaban J connectivity index is 1.93. The molecule has 0 bridgehead atoms. The number of urea groups is 1. The monoisotopic (exact) mass is 336 g/mol. The molecule has 1 saturated heterocycles. The molecule has 1 atom stereocenters.